The van der Waals surface area contributed by atoms with Crippen molar-refractivity contribution in [3.05, 3.63) is 36.4 Å². The number of hydrogen-bond acceptors (Lipinski definition) is 3. The van der Waals surface area contributed by atoms with Crippen LogP contribution in [0.25, 0.3) is 10.8 Å². The molecule has 2 aromatic carbocycles. The lowest BCUT2D eigenvalue weighted by atomic mass is 9.91. The minimum Gasteiger partial charge on any atom is -0.491 e. The van der Waals surface area contributed by atoms with E-state index >= 15 is 0 Å². The Morgan fingerprint density at radius 1 is 0.958 bits per heavy atom. The second kappa shape index (κ2) is 6.29. The van der Waals surface area contributed by atoms with Gasteiger partial charge in [-0.1, -0.05) is 18.6 Å². The fraction of sp³-hybridized carbons (Fsp3) is 0.524. The third-order valence-corrected chi connectivity index (χ3v) is 5.62. The Bertz CT molecular complexity index is 713. The Labute approximate surface area is 145 Å². The zero-order valence-corrected chi connectivity index (χ0v) is 15.0. The highest BCUT2D eigenvalue weighted by Crippen LogP contribution is 2.32. The predicted molar refractivity (Wildman–Crippen MR) is 101 cm³/mol. The number of piperidine rings is 1. The van der Waals surface area contributed by atoms with Crippen molar-refractivity contribution in [3.8, 4) is 5.75 Å². The molecule has 0 aromatic heterocycles. The summed E-state index contributed by atoms with van der Waals surface area (Å²) in [5.41, 5.74) is 1.37. The fourth-order valence-electron chi connectivity index (χ4n) is 4.28. The first-order valence-corrected chi connectivity index (χ1v) is 9.27. The number of ether oxygens (including phenoxy) is 1. The van der Waals surface area contributed by atoms with Gasteiger partial charge < -0.3 is 9.64 Å². The summed E-state index contributed by atoms with van der Waals surface area (Å²) in [5, 5.41) is 2.55. The number of benzene rings is 2. The molecule has 2 bridgehead atoms. The van der Waals surface area contributed by atoms with Crippen LogP contribution in [0.3, 0.4) is 0 Å². The average molecular weight is 324 g/mol. The molecule has 2 atom stereocenters. The van der Waals surface area contributed by atoms with Crippen LogP contribution in [0, 0.1) is 0 Å². The van der Waals surface area contributed by atoms with Crippen LogP contribution in [-0.2, 0) is 0 Å². The van der Waals surface area contributed by atoms with Crippen LogP contribution in [0.1, 0.15) is 33.1 Å². The summed E-state index contributed by atoms with van der Waals surface area (Å²) in [6, 6.07) is 14.7. The molecule has 3 nitrogen and oxygen atoms in total. The van der Waals surface area contributed by atoms with Crippen LogP contribution in [0.4, 0.5) is 5.69 Å². The number of rotatable bonds is 3. The lowest BCUT2D eigenvalue weighted by Gasteiger charge is -2.49. The molecular weight excluding hydrogens is 296 g/mol. The lowest BCUT2D eigenvalue weighted by molar-refractivity contribution is 0.0951. The highest BCUT2D eigenvalue weighted by Gasteiger charge is 2.34. The van der Waals surface area contributed by atoms with Crippen molar-refractivity contribution < 1.29 is 4.74 Å². The molecule has 4 rings (SSSR count). The first-order valence-electron chi connectivity index (χ1n) is 9.27. The minimum atomic E-state index is 0.214. The highest BCUT2D eigenvalue weighted by molar-refractivity contribution is 5.87. The summed E-state index contributed by atoms with van der Waals surface area (Å²) in [6.45, 7) is 6.45. The number of hydrogen-bond donors (Lipinski definition) is 0. The van der Waals surface area contributed by atoms with Gasteiger partial charge >= 0.3 is 0 Å². The lowest BCUT2D eigenvalue weighted by Crippen LogP contribution is -2.59. The molecule has 3 heteroatoms. The van der Waals surface area contributed by atoms with Gasteiger partial charge in [0, 0.05) is 30.9 Å². The predicted octanol–water partition coefficient (Wildman–Crippen LogP) is 4.30. The van der Waals surface area contributed by atoms with E-state index in [1.165, 1.54) is 35.7 Å². The van der Waals surface area contributed by atoms with E-state index in [1.54, 1.807) is 0 Å². The van der Waals surface area contributed by atoms with E-state index in [2.05, 4.69) is 67.1 Å². The SMILES string of the molecule is CC(C)Oc1ccc2cc(N3CC4CCCC(C3)N4C)ccc2c1. The highest BCUT2D eigenvalue weighted by atomic mass is 16.5. The second-order valence-electron chi connectivity index (χ2n) is 7.67. The van der Waals surface area contributed by atoms with Crippen molar-refractivity contribution >= 4 is 16.5 Å². The molecule has 2 aliphatic heterocycles. The van der Waals surface area contributed by atoms with Gasteiger partial charge in [-0.15, -0.1) is 0 Å². The van der Waals surface area contributed by atoms with Crippen LogP contribution in [-0.4, -0.2) is 43.2 Å². The van der Waals surface area contributed by atoms with Gasteiger partial charge in [0.25, 0.3) is 0 Å². The van der Waals surface area contributed by atoms with E-state index in [0.29, 0.717) is 0 Å². The molecule has 2 aliphatic rings. The molecule has 0 aliphatic carbocycles. The fourth-order valence-corrected chi connectivity index (χ4v) is 4.28. The number of fused-ring (bicyclic) bond motifs is 3. The minimum absolute atomic E-state index is 0.214. The molecule has 0 saturated carbocycles. The van der Waals surface area contributed by atoms with Gasteiger partial charge in [-0.2, -0.15) is 0 Å². The first-order chi connectivity index (χ1) is 11.6. The maximum atomic E-state index is 5.81. The molecule has 0 N–H and O–H groups in total. The Balaban J connectivity index is 1.59. The van der Waals surface area contributed by atoms with E-state index in [-0.39, 0.29) is 6.10 Å². The molecular formula is C21H28N2O. The van der Waals surface area contributed by atoms with Crippen molar-refractivity contribution in [1.82, 2.24) is 4.90 Å². The summed E-state index contributed by atoms with van der Waals surface area (Å²) >= 11 is 0. The Kier molecular flexibility index (Phi) is 4.13. The largest absolute Gasteiger partial charge is 0.491 e. The van der Waals surface area contributed by atoms with Crippen molar-refractivity contribution in [3.63, 3.8) is 0 Å². The zero-order chi connectivity index (χ0) is 16.7. The maximum absolute atomic E-state index is 5.81. The summed E-state index contributed by atoms with van der Waals surface area (Å²) in [5.74, 6) is 0.958. The van der Waals surface area contributed by atoms with Crippen LogP contribution >= 0.6 is 0 Å². The second-order valence-corrected chi connectivity index (χ2v) is 7.67. The number of anilines is 1. The van der Waals surface area contributed by atoms with Crippen molar-refractivity contribution in [2.24, 2.45) is 0 Å². The molecule has 2 aromatic rings. The van der Waals surface area contributed by atoms with Crippen LogP contribution in [0.5, 0.6) is 5.75 Å². The van der Waals surface area contributed by atoms with Crippen LogP contribution < -0.4 is 9.64 Å². The first kappa shape index (κ1) is 15.8. The molecule has 0 spiro atoms. The summed E-state index contributed by atoms with van der Waals surface area (Å²) in [6.07, 6.45) is 4.29. The van der Waals surface area contributed by atoms with Gasteiger partial charge in [-0.25, -0.2) is 0 Å². The molecule has 2 fully saturated rings. The average Bonchev–Trinajstić information content (AvgIpc) is 2.53. The summed E-state index contributed by atoms with van der Waals surface area (Å²) in [7, 11) is 2.31. The summed E-state index contributed by atoms with van der Waals surface area (Å²) in [4.78, 5) is 5.20. The van der Waals surface area contributed by atoms with Crippen LogP contribution in [0.2, 0.25) is 0 Å². The maximum Gasteiger partial charge on any atom is 0.120 e. The van der Waals surface area contributed by atoms with Gasteiger partial charge in [0.05, 0.1) is 6.10 Å². The van der Waals surface area contributed by atoms with Gasteiger partial charge in [-0.05, 0) is 68.8 Å². The molecule has 24 heavy (non-hydrogen) atoms. The van der Waals surface area contributed by atoms with E-state index in [0.717, 1.165) is 30.9 Å². The van der Waals surface area contributed by atoms with E-state index in [4.69, 9.17) is 4.74 Å². The molecule has 128 valence electrons. The molecule has 2 unspecified atom stereocenters. The Hall–Kier alpha value is -1.74. The third-order valence-electron chi connectivity index (χ3n) is 5.62. The number of nitrogens with zero attached hydrogens (tertiary/aromatic N) is 2. The molecule has 2 heterocycles. The molecule has 0 amide bonds. The summed E-state index contributed by atoms with van der Waals surface area (Å²) < 4.78 is 5.81. The van der Waals surface area contributed by atoms with Gasteiger partial charge in [0.2, 0.25) is 0 Å². The topological polar surface area (TPSA) is 15.7 Å². The molecule has 0 radical (unpaired) electrons. The van der Waals surface area contributed by atoms with Gasteiger partial charge in [0.1, 0.15) is 5.75 Å². The van der Waals surface area contributed by atoms with Crippen molar-refractivity contribution in [2.75, 3.05) is 25.0 Å². The normalized spacial score (nSPS) is 24.6. The Morgan fingerprint density at radius 3 is 2.33 bits per heavy atom. The van der Waals surface area contributed by atoms with Crippen LogP contribution in [0.15, 0.2) is 36.4 Å². The van der Waals surface area contributed by atoms with Gasteiger partial charge in [0.15, 0.2) is 0 Å². The molecule has 2 saturated heterocycles. The zero-order valence-electron chi connectivity index (χ0n) is 15.0. The Morgan fingerprint density at radius 2 is 1.62 bits per heavy atom. The van der Waals surface area contributed by atoms with E-state index < -0.39 is 0 Å². The number of piperazine rings is 1. The van der Waals surface area contributed by atoms with Crippen molar-refractivity contribution in [1.29, 1.82) is 0 Å². The quantitative estimate of drug-likeness (QED) is 0.837. The van der Waals surface area contributed by atoms with E-state index in [9.17, 15) is 0 Å². The van der Waals surface area contributed by atoms with Gasteiger partial charge in [-0.3, -0.25) is 4.90 Å². The third kappa shape index (κ3) is 2.98. The standard InChI is InChI=1S/C21H28N2O/c1-15(2)24-21-10-8-16-11-18(9-7-17(16)12-21)23-13-19-5-4-6-20(14-23)22(19)3/h7-12,15,19-20H,4-6,13-14H2,1-3H3. The smallest absolute Gasteiger partial charge is 0.120 e. The number of likely N-dealkylation sites (N-methyl/N-ethyl adjacent to an activating group) is 1. The van der Waals surface area contributed by atoms with E-state index in [1.807, 2.05) is 0 Å². The van der Waals surface area contributed by atoms with Crippen molar-refractivity contribution in [2.45, 2.75) is 51.3 Å². The monoisotopic (exact) mass is 324 g/mol.